The summed E-state index contributed by atoms with van der Waals surface area (Å²) in [4.78, 5) is 42.3. The fraction of sp³-hybridized carbons (Fsp3) is 0.263. The van der Waals surface area contributed by atoms with E-state index in [2.05, 4.69) is 15.6 Å². The van der Waals surface area contributed by atoms with Crippen molar-refractivity contribution in [3.05, 3.63) is 54.0 Å². The summed E-state index contributed by atoms with van der Waals surface area (Å²) in [7, 11) is 0. The van der Waals surface area contributed by atoms with E-state index in [4.69, 9.17) is 4.74 Å². The Morgan fingerprint density at radius 1 is 1.29 bits per heavy atom. The highest BCUT2D eigenvalue weighted by molar-refractivity contribution is 6.10. The molecule has 2 aromatic rings. The zero-order chi connectivity index (χ0) is 20.3. The molecule has 8 nitrogen and oxygen atoms in total. The van der Waals surface area contributed by atoms with E-state index in [1.807, 2.05) is 0 Å². The van der Waals surface area contributed by atoms with Gasteiger partial charge in [0.25, 0.3) is 5.91 Å². The number of urea groups is 1. The highest BCUT2D eigenvalue weighted by Crippen LogP contribution is 2.29. The quantitative estimate of drug-likeness (QED) is 0.740. The van der Waals surface area contributed by atoms with Gasteiger partial charge in [-0.1, -0.05) is 12.1 Å². The van der Waals surface area contributed by atoms with Crippen molar-refractivity contribution in [2.24, 2.45) is 0 Å². The summed E-state index contributed by atoms with van der Waals surface area (Å²) in [6, 6.07) is 7.76. The number of nitrogens with one attached hydrogen (secondary N) is 2. The van der Waals surface area contributed by atoms with Crippen molar-refractivity contribution >= 4 is 23.5 Å². The molecule has 1 saturated heterocycles. The minimum absolute atomic E-state index is 0.242. The minimum atomic E-state index is -1.38. The van der Waals surface area contributed by atoms with Gasteiger partial charge in [0.15, 0.2) is 0 Å². The first kappa shape index (κ1) is 19.3. The van der Waals surface area contributed by atoms with Gasteiger partial charge in [0.1, 0.15) is 23.6 Å². The highest BCUT2D eigenvalue weighted by Gasteiger charge is 2.49. The second kappa shape index (κ2) is 7.63. The van der Waals surface area contributed by atoms with E-state index in [0.717, 1.165) is 4.90 Å². The Balaban J connectivity index is 1.74. The Bertz CT molecular complexity index is 918. The van der Waals surface area contributed by atoms with Crippen molar-refractivity contribution in [3.8, 4) is 5.88 Å². The molecule has 146 valence electrons. The number of pyridine rings is 1. The molecule has 0 saturated carbocycles. The molecule has 2 N–H and O–H groups in total. The van der Waals surface area contributed by atoms with E-state index in [0.29, 0.717) is 17.9 Å². The molecule has 1 unspecified atom stereocenters. The molecule has 2 heterocycles. The molecule has 1 fully saturated rings. The number of benzene rings is 1. The lowest BCUT2D eigenvalue weighted by atomic mass is 9.92. The van der Waals surface area contributed by atoms with Crippen LogP contribution in [0, 0.1) is 5.82 Å². The van der Waals surface area contributed by atoms with E-state index in [9.17, 15) is 18.8 Å². The van der Waals surface area contributed by atoms with Crippen molar-refractivity contribution < 1.29 is 23.5 Å². The number of imide groups is 1. The second-order valence-electron chi connectivity index (χ2n) is 6.29. The lowest BCUT2D eigenvalue weighted by molar-refractivity contribution is -0.133. The molecule has 0 bridgehead atoms. The number of carbonyl (C=O) groups excluding carboxylic acids is 3. The van der Waals surface area contributed by atoms with Crippen LogP contribution in [0.3, 0.4) is 0 Å². The molecule has 1 aromatic carbocycles. The molecule has 1 aromatic heterocycles. The molecule has 1 atom stereocenters. The lowest BCUT2D eigenvalue weighted by Crippen LogP contribution is -2.42. The number of carbonyl (C=O) groups is 3. The van der Waals surface area contributed by atoms with Gasteiger partial charge in [0.2, 0.25) is 11.8 Å². The number of hydrogen-bond acceptors (Lipinski definition) is 5. The number of aromatic nitrogens is 1. The van der Waals surface area contributed by atoms with Crippen LogP contribution < -0.4 is 15.4 Å². The van der Waals surface area contributed by atoms with Gasteiger partial charge in [-0.25, -0.2) is 14.2 Å². The molecule has 3 rings (SSSR count). The molecule has 9 heteroatoms. The van der Waals surface area contributed by atoms with Crippen LogP contribution in [0.1, 0.15) is 19.4 Å². The van der Waals surface area contributed by atoms with Crippen LogP contribution in [-0.2, 0) is 15.1 Å². The maximum atomic E-state index is 13.2. The van der Waals surface area contributed by atoms with Crippen LogP contribution in [0.25, 0.3) is 0 Å². The number of amides is 4. The van der Waals surface area contributed by atoms with Gasteiger partial charge in [-0.3, -0.25) is 14.5 Å². The van der Waals surface area contributed by atoms with E-state index >= 15 is 0 Å². The molecular weight excluding hydrogens is 367 g/mol. The number of hydrogen-bond donors (Lipinski definition) is 2. The standard InChI is InChI=1S/C19H19FN4O4/c1-3-28-16-14(5-4-10-21-16)22-15(25)11-24-17(26)19(2,23-18(24)27)12-6-8-13(20)9-7-12/h4-10H,3,11H2,1-2H3,(H,22,25)(H,23,27). The summed E-state index contributed by atoms with van der Waals surface area (Å²) in [5, 5.41) is 5.15. The molecule has 0 aliphatic carbocycles. The fourth-order valence-electron chi connectivity index (χ4n) is 2.89. The van der Waals surface area contributed by atoms with Crippen LogP contribution in [-0.4, -0.2) is 40.9 Å². The van der Waals surface area contributed by atoms with Gasteiger partial charge in [-0.15, -0.1) is 0 Å². The molecule has 1 aliphatic rings. The minimum Gasteiger partial charge on any atom is -0.476 e. The van der Waals surface area contributed by atoms with E-state index in [1.165, 1.54) is 37.4 Å². The summed E-state index contributed by atoms with van der Waals surface area (Å²) >= 11 is 0. The van der Waals surface area contributed by atoms with Crippen LogP contribution in [0.15, 0.2) is 42.6 Å². The van der Waals surface area contributed by atoms with Gasteiger partial charge in [0, 0.05) is 6.20 Å². The van der Waals surface area contributed by atoms with E-state index in [1.54, 1.807) is 19.1 Å². The van der Waals surface area contributed by atoms with Gasteiger partial charge in [-0.05, 0) is 43.7 Å². The average Bonchev–Trinajstić information content (AvgIpc) is 2.88. The van der Waals surface area contributed by atoms with Gasteiger partial charge in [0.05, 0.1) is 6.61 Å². The monoisotopic (exact) mass is 386 g/mol. The zero-order valence-electron chi connectivity index (χ0n) is 15.4. The van der Waals surface area contributed by atoms with Crippen LogP contribution in [0.4, 0.5) is 14.9 Å². The largest absolute Gasteiger partial charge is 0.476 e. The average molecular weight is 386 g/mol. The summed E-state index contributed by atoms with van der Waals surface area (Å²) in [5.41, 5.74) is -0.626. The molecule has 4 amide bonds. The molecule has 0 radical (unpaired) electrons. The first-order chi connectivity index (χ1) is 13.3. The SMILES string of the molecule is CCOc1ncccc1NC(=O)CN1C(=O)NC(C)(c2ccc(F)cc2)C1=O. The third-order valence-electron chi connectivity index (χ3n) is 4.32. The predicted molar refractivity (Wildman–Crippen MR) is 98.0 cm³/mol. The Kier molecular flexibility index (Phi) is 5.25. The highest BCUT2D eigenvalue weighted by atomic mass is 19.1. The normalized spacial score (nSPS) is 18.8. The molecule has 28 heavy (non-hydrogen) atoms. The molecule has 1 aliphatic heterocycles. The Hall–Kier alpha value is -3.49. The van der Waals surface area contributed by atoms with Crippen molar-refractivity contribution in [2.75, 3.05) is 18.5 Å². The maximum Gasteiger partial charge on any atom is 0.325 e. The smallest absolute Gasteiger partial charge is 0.325 e. The van der Waals surface area contributed by atoms with Crippen LogP contribution in [0.2, 0.25) is 0 Å². The fourth-order valence-corrected chi connectivity index (χ4v) is 2.89. The number of rotatable bonds is 6. The predicted octanol–water partition coefficient (Wildman–Crippen LogP) is 2.03. The topological polar surface area (TPSA) is 101 Å². The number of nitrogens with zero attached hydrogens (tertiary/aromatic N) is 2. The number of ether oxygens (including phenoxy) is 1. The first-order valence-corrected chi connectivity index (χ1v) is 8.63. The lowest BCUT2D eigenvalue weighted by Gasteiger charge is -2.22. The Morgan fingerprint density at radius 3 is 2.68 bits per heavy atom. The number of halogens is 1. The van der Waals surface area contributed by atoms with Crippen LogP contribution >= 0.6 is 0 Å². The van der Waals surface area contributed by atoms with E-state index < -0.39 is 35.7 Å². The van der Waals surface area contributed by atoms with Crippen molar-refractivity contribution in [3.63, 3.8) is 0 Å². The third-order valence-corrected chi connectivity index (χ3v) is 4.32. The van der Waals surface area contributed by atoms with E-state index in [-0.39, 0.29) is 5.88 Å². The Morgan fingerprint density at radius 2 is 2.00 bits per heavy atom. The van der Waals surface area contributed by atoms with Gasteiger partial charge >= 0.3 is 6.03 Å². The first-order valence-electron chi connectivity index (χ1n) is 8.63. The Labute approximate surface area is 160 Å². The van der Waals surface area contributed by atoms with Gasteiger partial charge < -0.3 is 15.4 Å². The summed E-state index contributed by atoms with van der Waals surface area (Å²) in [5.74, 6) is -1.40. The van der Waals surface area contributed by atoms with Gasteiger partial charge in [-0.2, -0.15) is 0 Å². The number of anilines is 1. The summed E-state index contributed by atoms with van der Waals surface area (Å²) in [6.45, 7) is 3.17. The zero-order valence-corrected chi connectivity index (χ0v) is 15.4. The van der Waals surface area contributed by atoms with Crippen molar-refractivity contribution in [1.82, 2.24) is 15.2 Å². The summed E-state index contributed by atoms with van der Waals surface area (Å²) in [6.07, 6.45) is 1.52. The maximum absolute atomic E-state index is 13.2. The third kappa shape index (κ3) is 3.64. The second-order valence-corrected chi connectivity index (χ2v) is 6.29. The van der Waals surface area contributed by atoms with Crippen LogP contribution in [0.5, 0.6) is 5.88 Å². The van der Waals surface area contributed by atoms with Crippen molar-refractivity contribution in [1.29, 1.82) is 0 Å². The summed E-state index contributed by atoms with van der Waals surface area (Å²) < 4.78 is 18.5. The molecular formula is C19H19FN4O4. The molecule has 0 spiro atoms. The van der Waals surface area contributed by atoms with Crippen molar-refractivity contribution in [2.45, 2.75) is 19.4 Å².